The summed E-state index contributed by atoms with van der Waals surface area (Å²) in [6.07, 6.45) is -4.41. The number of ether oxygens (including phenoxy) is 5. The summed E-state index contributed by atoms with van der Waals surface area (Å²) in [5.74, 6) is -4.02. The quantitative estimate of drug-likeness (QED) is 0.510. The number of benzene rings is 1. The summed E-state index contributed by atoms with van der Waals surface area (Å²) in [6.45, 7) is 11.9. The predicted molar refractivity (Wildman–Crippen MR) is 147 cm³/mol. The molecule has 1 aromatic rings. The zero-order valence-corrected chi connectivity index (χ0v) is 25.1. The van der Waals surface area contributed by atoms with Crippen molar-refractivity contribution in [2.45, 2.75) is 103 Å². The maximum atomic E-state index is 13.8. The van der Waals surface area contributed by atoms with Gasteiger partial charge in [-0.05, 0) is 17.7 Å². The number of hydrogen-bond donors (Lipinski definition) is 2. The van der Waals surface area contributed by atoms with Crippen molar-refractivity contribution in [2.75, 3.05) is 6.61 Å². The van der Waals surface area contributed by atoms with Crippen LogP contribution in [-0.2, 0) is 33.3 Å². The molecule has 0 amide bonds. The Morgan fingerprint density at radius 2 is 1.74 bits per heavy atom. The first-order valence-corrected chi connectivity index (χ1v) is 14.6. The molecule has 228 valence electrons. The van der Waals surface area contributed by atoms with Crippen molar-refractivity contribution in [1.29, 1.82) is 0 Å². The topological polar surface area (TPSA) is 138 Å². The van der Waals surface area contributed by atoms with Crippen LogP contribution in [0.3, 0.4) is 0 Å². The van der Waals surface area contributed by atoms with E-state index in [-0.39, 0.29) is 30.8 Å². The molecular weight excluding hydrogens is 544 g/mol. The number of rotatable bonds is 3. The van der Waals surface area contributed by atoms with Crippen LogP contribution in [0.5, 0.6) is 0 Å². The monoisotopic (exact) mass is 584 g/mol. The van der Waals surface area contributed by atoms with Crippen LogP contribution in [0.1, 0.15) is 71.7 Å². The lowest BCUT2D eigenvalue weighted by Crippen LogP contribution is -2.81. The van der Waals surface area contributed by atoms with Crippen LogP contribution in [-0.4, -0.2) is 75.9 Å². The third kappa shape index (κ3) is 3.74. The molecule has 5 aliphatic rings. The Morgan fingerprint density at radius 3 is 2.33 bits per heavy atom. The molecule has 42 heavy (non-hydrogen) atoms. The van der Waals surface area contributed by atoms with Crippen molar-refractivity contribution in [3.05, 3.63) is 47.2 Å². The van der Waals surface area contributed by atoms with E-state index in [0.717, 1.165) is 0 Å². The molecule has 10 heteroatoms. The van der Waals surface area contributed by atoms with Gasteiger partial charge in [0.2, 0.25) is 5.79 Å². The number of Topliss-reactive ketones (excluding diaryl/α,β-unsaturated/α-hetero) is 1. The number of aliphatic hydroxyl groups excluding tert-OH is 1. The van der Waals surface area contributed by atoms with Gasteiger partial charge in [0, 0.05) is 50.4 Å². The highest BCUT2D eigenvalue weighted by Crippen LogP contribution is 2.67. The van der Waals surface area contributed by atoms with Crippen molar-refractivity contribution in [3.63, 3.8) is 0 Å². The molecule has 2 heterocycles. The van der Waals surface area contributed by atoms with Crippen LogP contribution < -0.4 is 0 Å². The maximum absolute atomic E-state index is 13.8. The summed E-state index contributed by atoms with van der Waals surface area (Å²) in [7, 11) is 0. The normalized spacial score (nSPS) is 42.9. The van der Waals surface area contributed by atoms with E-state index in [9.17, 15) is 24.6 Å². The summed E-state index contributed by atoms with van der Waals surface area (Å²) < 4.78 is 31.4. The van der Waals surface area contributed by atoms with Gasteiger partial charge in [-0.15, -0.1) is 0 Å². The van der Waals surface area contributed by atoms with Crippen LogP contribution in [0.25, 0.3) is 0 Å². The predicted octanol–water partition coefficient (Wildman–Crippen LogP) is 3.09. The molecule has 1 aromatic carbocycles. The first kappa shape index (κ1) is 29.3. The first-order chi connectivity index (χ1) is 19.5. The third-order valence-electron chi connectivity index (χ3n) is 10.7. The second-order valence-corrected chi connectivity index (χ2v) is 13.8. The number of fused-ring (bicyclic) bond motifs is 7. The minimum atomic E-state index is -1.99. The fourth-order valence-corrected chi connectivity index (χ4v) is 8.50. The van der Waals surface area contributed by atoms with E-state index in [1.165, 1.54) is 6.92 Å². The molecule has 9 atom stereocenters. The largest absolute Gasteiger partial charge is 0.465 e. The van der Waals surface area contributed by atoms with Crippen LogP contribution >= 0.6 is 0 Å². The smallest absolute Gasteiger partial charge is 0.338 e. The number of esters is 2. The van der Waals surface area contributed by atoms with Gasteiger partial charge >= 0.3 is 11.9 Å². The van der Waals surface area contributed by atoms with Crippen molar-refractivity contribution < 1.29 is 48.3 Å². The maximum Gasteiger partial charge on any atom is 0.338 e. The molecule has 6 rings (SSSR count). The molecule has 2 N–H and O–H groups in total. The molecule has 0 aromatic heterocycles. The zero-order chi connectivity index (χ0) is 30.6. The third-order valence-corrected chi connectivity index (χ3v) is 10.7. The summed E-state index contributed by atoms with van der Waals surface area (Å²) in [5.41, 5.74) is -5.09. The Morgan fingerprint density at radius 1 is 1.07 bits per heavy atom. The Hall–Kier alpha value is -2.79. The van der Waals surface area contributed by atoms with Gasteiger partial charge < -0.3 is 33.9 Å². The molecular formula is C32H40O10. The van der Waals surface area contributed by atoms with E-state index < -0.39 is 76.0 Å². The molecule has 2 saturated heterocycles. The molecule has 2 saturated carbocycles. The SMILES string of the molecule is CC(=O)O[C@@]12CO[C@@H]1C[C@H](O)[C@@]1(C)[C@@H]3OC(C)(C)OC3=C3C(C)C(=O)C[C@@](O)([C@@H](OC(=O)c4ccccc4)[C@H]21)C3(C)C. The van der Waals surface area contributed by atoms with Gasteiger partial charge in [0.15, 0.2) is 5.60 Å². The van der Waals surface area contributed by atoms with E-state index in [4.69, 9.17) is 23.7 Å². The molecule has 4 fully saturated rings. The minimum Gasteiger partial charge on any atom is -0.465 e. The second kappa shape index (κ2) is 9.11. The summed E-state index contributed by atoms with van der Waals surface area (Å²) in [4.78, 5) is 40.2. The molecule has 0 radical (unpaired) electrons. The van der Waals surface area contributed by atoms with Gasteiger partial charge in [-0.3, -0.25) is 9.59 Å². The van der Waals surface area contributed by atoms with E-state index in [1.54, 1.807) is 58.0 Å². The molecule has 3 aliphatic carbocycles. The van der Waals surface area contributed by atoms with Crippen molar-refractivity contribution in [3.8, 4) is 0 Å². The highest BCUT2D eigenvalue weighted by Gasteiger charge is 2.78. The molecule has 2 bridgehead atoms. The van der Waals surface area contributed by atoms with E-state index in [1.807, 2.05) is 13.8 Å². The molecule has 1 unspecified atom stereocenters. The number of ketones is 1. The Labute approximate surface area is 245 Å². The van der Waals surface area contributed by atoms with E-state index >= 15 is 0 Å². The Kier molecular flexibility index (Phi) is 6.35. The summed E-state index contributed by atoms with van der Waals surface area (Å²) in [6, 6.07) is 8.36. The Balaban J connectivity index is 1.68. The Bertz CT molecular complexity index is 1370. The average Bonchev–Trinajstić information content (AvgIpc) is 3.22. The number of carbonyl (C=O) groups is 3. The van der Waals surface area contributed by atoms with Crippen molar-refractivity contribution in [1.82, 2.24) is 0 Å². The highest BCUT2D eigenvalue weighted by molar-refractivity contribution is 5.90. The fourth-order valence-electron chi connectivity index (χ4n) is 8.50. The van der Waals surface area contributed by atoms with Crippen molar-refractivity contribution >= 4 is 17.7 Å². The van der Waals surface area contributed by atoms with Gasteiger partial charge in [0.05, 0.1) is 24.2 Å². The highest BCUT2D eigenvalue weighted by atomic mass is 16.7. The van der Waals surface area contributed by atoms with Crippen LogP contribution in [0.4, 0.5) is 0 Å². The second-order valence-electron chi connectivity index (χ2n) is 13.8. The molecule has 10 nitrogen and oxygen atoms in total. The van der Waals surface area contributed by atoms with Crippen LogP contribution in [0.2, 0.25) is 0 Å². The van der Waals surface area contributed by atoms with Crippen LogP contribution in [0.15, 0.2) is 41.7 Å². The van der Waals surface area contributed by atoms with Gasteiger partial charge in [0.1, 0.15) is 35.5 Å². The standard InChI is InChI=1S/C32H40O10/c1-16-19(34)14-32(37)26(39-27(36)18-11-9-8-10-12-18)24-30(7,20(35)13-21-31(24,15-38-21)40-17(2)33)25-23(22(16)28(32,3)4)41-29(5,6)42-25/h8-12,16,20-21,24-26,35,37H,13-15H2,1-7H3/t16?,20-,21+,24-,25+,26-,30+,31-,32+/m0/s1. The van der Waals surface area contributed by atoms with Gasteiger partial charge in [-0.25, -0.2) is 4.79 Å². The fraction of sp³-hybridized carbons (Fsp3) is 0.656. The van der Waals surface area contributed by atoms with E-state index in [0.29, 0.717) is 11.3 Å². The van der Waals surface area contributed by atoms with Gasteiger partial charge in [0.25, 0.3) is 0 Å². The van der Waals surface area contributed by atoms with Gasteiger partial charge in [-0.1, -0.05) is 45.9 Å². The van der Waals surface area contributed by atoms with Crippen molar-refractivity contribution in [2.24, 2.45) is 22.7 Å². The molecule has 0 spiro atoms. The summed E-state index contributed by atoms with van der Waals surface area (Å²) in [5, 5.41) is 24.9. The lowest BCUT2D eigenvalue weighted by Gasteiger charge is -2.67. The van der Waals surface area contributed by atoms with Crippen LogP contribution in [0, 0.1) is 22.7 Å². The van der Waals surface area contributed by atoms with Gasteiger partial charge in [-0.2, -0.15) is 0 Å². The number of aliphatic hydroxyl groups is 2. The number of hydrogen-bond acceptors (Lipinski definition) is 10. The lowest BCUT2D eigenvalue weighted by atomic mass is 9.44. The number of carbonyl (C=O) groups excluding carboxylic acids is 3. The van der Waals surface area contributed by atoms with E-state index in [2.05, 4.69) is 0 Å². The minimum absolute atomic E-state index is 0.0483. The average molecular weight is 585 g/mol. The summed E-state index contributed by atoms with van der Waals surface area (Å²) >= 11 is 0. The lowest BCUT2D eigenvalue weighted by molar-refractivity contribution is -0.359. The molecule has 2 aliphatic heterocycles. The first-order valence-electron chi connectivity index (χ1n) is 14.6. The zero-order valence-electron chi connectivity index (χ0n) is 25.1.